The largest absolute Gasteiger partial charge is 0.460 e. The second kappa shape index (κ2) is 12.7. The smallest absolute Gasteiger partial charge is 0.407 e. The summed E-state index contributed by atoms with van der Waals surface area (Å²) in [6, 6.07) is 0. The number of carbonyl (C=O) groups is 3. The molecule has 0 radical (unpaired) electrons. The molecule has 0 aliphatic rings. The molecule has 0 aliphatic heterocycles. The molecule has 0 bridgehead atoms. The number of rotatable bonds is 11. The first-order valence-corrected chi connectivity index (χ1v) is 6.17. The van der Waals surface area contributed by atoms with Gasteiger partial charge in [-0.15, -0.1) is 0 Å². The topological polar surface area (TPSA) is 100 Å². The van der Waals surface area contributed by atoms with Gasteiger partial charge in [0.1, 0.15) is 19.8 Å². The molecule has 0 spiro atoms. The Morgan fingerprint density at radius 1 is 0.810 bits per heavy atom. The molecule has 0 saturated heterocycles. The van der Waals surface area contributed by atoms with E-state index in [-0.39, 0.29) is 39.6 Å². The second-order valence-corrected chi connectivity index (χ2v) is 3.42. The van der Waals surface area contributed by atoms with Gasteiger partial charge in [0.15, 0.2) is 0 Å². The molecule has 0 aromatic heterocycles. The van der Waals surface area contributed by atoms with Crippen molar-refractivity contribution in [1.29, 1.82) is 0 Å². The van der Waals surface area contributed by atoms with Crippen LogP contribution >= 0.6 is 0 Å². The average molecular weight is 301 g/mol. The van der Waals surface area contributed by atoms with Gasteiger partial charge < -0.3 is 24.3 Å². The summed E-state index contributed by atoms with van der Waals surface area (Å²) in [5.41, 5.74) is 0. The van der Waals surface area contributed by atoms with Gasteiger partial charge in [-0.2, -0.15) is 0 Å². The lowest BCUT2D eigenvalue weighted by Gasteiger charge is -2.07. The molecule has 0 unspecified atom stereocenters. The van der Waals surface area contributed by atoms with Crippen LogP contribution in [0.5, 0.6) is 0 Å². The van der Waals surface area contributed by atoms with Gasteiger partial charge in [-0.3, -0.25) is 0 Å². The molecule has 8 heteroatoms. The van der Waals surface area contributed by atoms with Gasteiger partial charge in [0, 0.05) is 18.7 Å². The Morgan fingerprint density at radius 2 is 1.33 bits per heavy atom. The van der Waals surface area contributed by atoms with Crippen molar-refractivity contribution >= 4 is 18.0 Å². The molecule has 118 valence electrons. The molecule has 0 fully saturated rings. The maximum atomic E-state index is 11.1. The van der Waals surface area contributed by atoms with E-state index in [9.17, 15) is 14.4 Å². The maximum absolute atomic E-state index is 11.1. The number of alkyl carbamates (subject to hydrolysis) is 1. The molecule has 21 heavy (non-hydrogen) atoms. The molecule has 1 N–H and O–H groups in total. The molecule has 1 amide bonds. The third-order valence-corrected chi connectivity index (χ3v) is 1.88. The predicted molar refractivity (Wildman–Crippen MR) is 72.5 cm³/mol. The molecular formula is C13H19NO7. The van der Waals surface area contributed by atoms with E-state index in [1.54, 1.807) is 0 Å². The van der Waals surface area contributed by atoms with Crippen molar-refractivity contribution in [3.8, 4) is 0 Å². The van der Waals surface area contributed by atoms with Gasteiger partial charge in [0.25, 0.3) is 0 Å². The van der Waals surface area contributed by atoms with Crippen molar-refractivity contribution in [2.75, 3.05) is 39.6 Å². The molecule has 0 aromatic carbocycles. The predicted octanol–water partition coefficient (Wildman–Crippen LogP) is 0.188. The number of carbonyl (C=O) groups excluding carboxylic acids is 3. The summed E-state index contributed by atoms with van der Waals surface area (Å²) in [6.45, 7) is 7.18. The van der Waals surface area contributed by atoms with Crippen LogP contribution in [0.4, 0.5) is 4.79 Å². The van der Waals surface area contributed by atoms with Crippen LogP contribution in [0.3, 0.4) is 0 Å². The number of amides is 1. The van der Waals surface area contributed by atoms with Crippen LogP contribution in [-0.2, 0) is 28.5 Å². The second-order valence-electron chi connectivity index (χ2n) is 3.42. The van der Waals surface area contributed by atoms with Gasteiger partial charge in [-0.1, -0.05) is 13.2 Å². The van der Waals surface area contributed by atoms with Crippen LogP contribution in [0.1, 0.15) is 0 Å². The summed E-state index contributed by atoms with van der Waals surface area (Å²) in [6.07, 6.45) is 1.43. The Bertz CT molecular complexity index is 368. The standard InChI is InChI=1S/C13H19NO7/c1-3-11(15)19-8-7-18-6-5-14-13(17)21-10-9-20-12(16)4-2/h3-4H,1-2,5-10H2,(H,14,17). The van der Waals surface area contributed by atoms with Crippen molar-refractivity contribution in [2.24, 2.45) is 0 Å². The van der Waals surface area contributed by atoms with Crippen molar-refractivity contribution in [2.45, 2.75) is 0 Å². The number of esters is 2. The lowest BCUT2D eigenvalue weighted by atomic mass is 10.6. The van der Waals surface area contributed by atoms with E-state index < -0.39 is 18.0 Å². The van der Waals surface area contributed by atoms with Crippen LogP contribution in [0, 0.1) is 0 Å². The Kier molecular flexibility index (Phi) is 11.3. The van der Waals surface area contributed by atoms with Crippen molar-refractivity contribution in [3.63, 3.8) is 0 Å². The summed E-state index contributed by atoms with van der Waals surface area (Å²) in [7, 11) is 0. The molecule has 0 heterocycles. The lowest BCUT2D eigenvalue weighted by Crippen LogP contribution is -2.29. The van der Waals surface area contributed by atoms with Gasteiger partial charge in [0.05, 0.1) is 13.2 Å². The zero-order valence-corrected chi connectivity index (χ0v) is 11.7. The highest BCUT2D eigenvalue weighted by atomic mass is 16.6. The molecule has 8 nitrogen and oxygen atoms in total. The third kappa shape index (κ3) is 12.4. The zero-order chi connectivity index (χ0) is 15.9. The Hall–Kier alpha value is -2.35. The van der Waals surface area contributed by atoms with Crippen LogP contribution in [0.25, 0.3) is 0 Å². The Morgan fingerprint density at radius 3 is 1.90 bits per heavy atom. The number of hydrogen-bond donors (Lipinski definition) is 1. The highest BCUT2D eigenvalue weighted by Gasteiger charge is 2.02. The van der Waals surface area contributed by atoms with Gasteiger partial charge >= 0.3 is 18.0 Å². The SMILES string of the molecule is C=CC(=O)OCCOCCNC(=O)OCCOC(=O)C=C. The third-order valence-electron chi connectivity index (χ3n) is 1.88. The lowest BCUT2D eigenvalue weighted by molar-refractivity contribution is -0.139. The summed E-state index contributed by atoms with van der Waals surface area (Å²) in [5, 5.41) is 2.42. The number of ether oxygens (including phenoxy) is 4. The van der Waals surface area contributed by atoms with E-state index in [1.807, 2.05) is 0 Å². The Labute approximate surface area is 122 Å². The number of nitrogens with one attached hydrogen (secondary N) is 1. The molecular weight excluding hydrogens is 282 g/mol. The van der Waals surface area contributed by atoms with Crippen molar-refractivity contribution in [3.05, 3.63) is 25.3 Å². The average Bonchev–Trinajstić information content (AvgIpc) is 2.49. The highest BCUT2D eigenvalue weighted by Crippen LogP contribution is 1.84. The van der Waals surface area contributed by atoms with Gasteiger partial charge in [0.2, 0.25) is 0 Å². The molecule has 0 aromatic rings. The highest BCUT2D eigenvalue weighted by molar-refractivity contribution is 5.81. The first-order chi connectivity index (χ1) is 10.1. The fourth-order valence-electron chi connectivity index (χ4n) is 0.974. The summed E-state index contributed by atoms with van der Waals surface area (Å²) >= 11 is 0. The van der Waals surface area contributed by atoms with E-state index >= 15 is 0 Å². The van der Waals surface area contributed by atoms with Crippen LogP contribution in [-0.4, -0.2) is 57.6 Å². The van der Waals surface area contributed by atoms with E-state index in [0.717, 1.165) is 12.2 Å². The Balaban J connectivity index is 3.34. The minimum atomic E-state index is -0.647. The molecule has 0 saturated carbocycles. The minimum Gasteiger partial charge on any atom is -0.460 e. The number of hydrogen-bond acceptors (Lipinski definition) is 7. The summed E-state index contributed by atoms with van der Waals surface area (Å²) in [4.78, 5) is 32.5. The van der Waals surface area contributed by atoms with Crippen LogP contribution < -0.4 is 5.32 Å². The molecule has 0 atom stereocenters. The first-order valence-electron chi connectivity index (χ1n) is 6.17. The monoisotopic (exact) mass is 301 g/mol. The van der Waals surface area contributed by atoms with Gasteiger partial charge in [-0.05, 0) is 0 Å². The van der Waals surface area contributed by atoms with E-state index in [1.165, 1.54) is 0 Å². The summed E-state index contributed by atoms with van der Waals surface area (Å²) in [5.74, 6) is -1.10. The summed E-state index contributed by atoms with van der Waals surface area (Å²) < 4.78 is 19.1. The molecule has 0 rings (SSSR count). The maximum Gasteiger partial charge on any atom is 0.407 e. The van der Waals surface area contributed by atoms with Gasteiger partial charge in [-0.25, -0.2) is 14.4 Å². The minimum absolute atomic E-state index is 0.0382. The van der Waals surface area contributed by atoms with Crippen LogP contribution in [0.15, 0.2) is 25.3 Å². The zero-order valence-electron chi connectivity index (χ0n) is 11.7. The van der Waals surface area contributed by atoms with E-state index in [2.05, 4.69) is 27.9 Å². The normalized spacial score (nSPS) is 9.33. The van der Waals surface area contributed by atoms with Crippen molar-refractivity contribution < 1.29 is 33.3 Å². The molecule has 0 aliphatic carbocycles. The van der Waals surface area contributed by atoms with Crippen LogP contribution in [0.2, 0.25) is 0 Å². The van der Waals surface area contributed by atoms with E-state index in [0.29, 0.717) is 0 Å². The quantitative estimate of drug-likeness (QED) is 0.251. The first kappa shape index (κ1) is 18.7. The van der Waals surface area contributed by atoms with E-state index in [4.69, 9.17) is 9.47 Å². The van der Waals surface area contributed by atoms with Crippen molar-refractivity contribution in [1.82, 2.24) is 5.32 Å². The fraction of sp³-hybridized carbons (Fsp3) is 0.462. The fourth-order valence-corrected chi connectivity index (χ4v) is 0.974.